The van der Waals surface area contributed by atoms with Crippen molar-refractivity contribution in [2.75, 3.05) is 25.5 Å². The predicted octanol–water partition coefficient (Wildman–Crippen LogP) is 4.81. The molecule has 144 valence electrons. The largest absolute Gasteiger partial charge is 0.497 e. The lowest BCUT2D eigenvalue weighted by Crippen LogP contribution is -2.36. The van der Waals surface area contributed by atoms with Gasteiger partial charge in [0.15, 0.2) is 0 Å². The topological polar surface area (TPSA) is 41.6 Å². The molecule has 4 nitrogen and oxygen atoms in total. The number of rotatable bonds is 6. The first kappa shape index (κ1) is 19.4. The third-order valence-electron chi connectivity index (χ3n) is 5.38. The van der Waals surface area contributed by atoms with E-state index in [9.17, 15) is 4.79 Å². The van der Waals surface area contributed by atoms with Gasteiger partial charge in [0, 0.05) is 11.7 Å². The lowest BCUT2D eigenvalue weighted by atomic mass is 10.0. The van der Waals surface area contributed by atoms with Crippen LogP contribution in [0.1, 0.15) is 49.8 Å². The molecule has 27 heavy (non-hydrogen) atoms. The van der Waals surface area contributed by atoms with E-state index in [4.69, 9.17) is 4.74 Å². The molecule has 4 heteroatoms. The molecule has 1 unspecified atom stereocenters. The van der Waals surface area contributed by atoms with Crippen LogP contribution in [0.15, 0.2) is 48.5 Å². The molecule has 0 bridgehead atoms. The zero-order valence-electron chi connectivity index (χ0n) is 16.4. The Morgan fingerprint density at radius 2 is 1.89 bits per heavy atom. The third-order valence-corrected chi connectivity index (χ3v) is 5.38. The summed E-state index contributed by atoms with van der Waals surface area (Å²) in [7, 11) is 1.69. The molecule has 1 atom stereocenters. The molecule has 2 aromatic rings. The number of aryl methyl sites for hydroxylation is 1. The van der Waals surface area contributed by atoms with Crippen molar-refractivity contribution in [3.05, 3.63) is 59.7 Å². The summed E-state index contributed by atoms with van der Waals surface area (Å²) in [5.41, 5.74) is 3.37. The Labute approximate surface area is 162 Å². The molecule has 1 fully saturated rings. The van der Waals surface area contributed by atoms with E-state index in [0.717, 1.165) is 37.2 Å². The maximum Gasteiger partial charge on any atom is 0.238 e. The van der Waals surface area contributed by atoms with Crippen LogP contribution < -0.4 is 10.1 Å². The molecule has 0 aromatic heterocycles. The molecule has 1 amide bonds. The van der Waals surface area contributed by atoms with Gasteiger partial charge in [0.1, 0.15) is 5.75 Å². The molecule has 0 spiro atoms. The van der Waals surface area contributed by atoms with E-state index < -0.39 is 0 Å². The SMILES string of the molecule is CCc1ccccc1NC(=O)CN1CCCCCC1c1ccc(OC)cc1. The zero-order chi connectivity index (χ0) is 19.1. The van der Waals surface area contributed by atoms with Crippen molar-refractivity contribution in [2.24, 2.45) is 0 Å². The van der Waals surface area contributed by atoms with E-state index in [0.29, 0.717) is 6.54 Å². The van der Waals surface area contributed by atoms with Crippen molar-refractivity contribution in [3.63, 3.8) is 0 Å². The quantitative estimate of drug-likeness (QED) is 0.797. The molecule has 0 radical (unpaired) electrons. The van der Waals surface area contributed by atoms with Gasteiger partial charge in [-0.3, -0.25) is 9.69 Å². The summed E-state index contributed by atoms with van der Waals surface area (Å²) in [5, 5.41) is 3.12. The number of hydrogen-bond donors (Lipinski definition) is 1. The number of likely N-dealkylation sites (tertiary alicyclic amines) is 1. The van der Waals surface area contributed by atoms with Crippen molar-refractivity contribution in [1.29, 1.82) is 0 Å². The number of benzene rings is 2. The number of anilines is 1. The minimum absolute atomic E-state index is 0.0660. The number of carbonyl (C=O) groups excluding carboxylic acids is 1. The lowest BCUT2D eigenvalue weighted by Gasteiger charge is -2.30. The standard InChI is InChI=1S/C23H30N2O2/c1-3-18-9-6-7-10-21(18)24-23(26)17-25-16-8-4-5-11-22(25)19-12-14-20(27-2)15-13-19/h6-7,9-10,12-15,22H,3-5,8,11,16-17H2,1-2H3,(H,24,26). The smallest absolute Gasteiger partial charge is 0.238 e. The van der Waals surface area contributed by atoms with Crippen LogP contribution in [0, 0.1) is 0 Å². The first-order chi connectivity index (χ1) is 13.2. The van der Waals surface area contributed by atoms with Crippen molar-refractivity contribution < 1.29 is 9.53 Å². The molecule has 1 saturated heterocycles. The van der Waals surface area contributed by atoms with Gasteiger partial charge in [-0.2, -0.15) is 0 Å². The molecule has 1 aliphatic rings. The second-order valence-electron chi connectivity index (χ2n) is 7.17. The minimum Gasteiger partial charge on any atom is -0.497 e. The van der Waals surface area contributed by atoms with Gasteiger partial charge in [-0.15, -0.1) is 0 Å². The van der Waals surface area contributed by atoms with E-state index in [1.54, 1.807) is 7.11 Å². The monoisotopic (exact) mass is 366 g/mol. The van der Waals surface area contributed by atoms with E-state index in [2.05, 4.69) is 35.3 Å². The van der Waals surface area contributed by atoms with Crippen molar-refractivity contribution in [2.45, 2.75) is 45.1 Å². The van der Waals surface area contributed by atoms with Gasteiger partial charge in [-0.1, -0.05) is 50.1 Å². The summed E-state index contributed by atoms with van der Waals surface area (Å²) in [6.07, 6.45) is 5.57. The van der Waals surface area contributed by atoms with E-state index in [1.807, 2.05) is 30.3 Å². The normalized spacial score (nSPS) is 17.9. The Morgan fingerprint density at radius 3 is 2.63 bits per heavy atom. The molecular formula is C23H30N2O2. The highest BCUT2D eigenvalue weighted by atomic mass is 16.5. The summed E-state index contributed by atoms with van der Waals surface area (Å²) in [4.78, 5) is 15.1. The Morgan fingerprint density at radius 1 is 1.11 bits per heavy atom. The number of para-hydroxylation sites is 1. The van der Waals surface area contributed by atoms with Crippen LogP contribution in [0.25, 0.3) is 0 Å². The van der Waals surface area contributed by atoms with Gasteiger partial charge in [-0.05, 0) is 55.1 Å². The number of ether oxygens (including phenoxy) is 1. The van der Waals surface area contributed by atoms with E-state index in [1.165, 1.54) is 24.0 Å². The van der Waals surface area contributed by atoms with Gasteiger partial charge in [0.05, 0.1) is 13.7 Å². The fourth-order valence-electron chi connectivity index (χ4n) is 3.89. The Kier molecular flexibility index (Phi) is 6.88. The second-order valence-corrected chi connectivity index (χ2v) is 7.17. The van der Waals surface area contributed by atoms with Gasteiger partial charge in [0.2, 0.25) is 5.91 Å². The molecule has 1 heterocycles. The first-order valence-electron chi connectivity index (χ1n) is 9.97. The molecule has 1 aliphatic heterocycles. The van der Waals surface area contributed by atoms with Crippen LogP contribution in [0.3, 0.4) is 0 Å². The zero-order valence-corrected chi connectivity index (χ0v) is 16.4. The molecular weight excluding hydrogens is 336 g/mol. The fraction of sp³-hybridized carbons (Fsp3) is 0.435. The number of methoxy groups -OCH3 is 1. The summed E-state index contributed by atoms with van der Waals surface area (Å²) < 4.78 is 5.28. The van der Waals surface area contributed by atoms with Gasteiger partial charge < -0.3 is 10.1 Å². The number of amides is 1. The second kappa shape index (κ2) is 9.56. The van der Waals surface area contributed by atoms with Gasteiger partial charge >= 0.3 is 0 Å². The number of hydrogen-bond acceptors (Lipinski definition) is 3. The Balaban J connectivity index is 1.72. The van der Waals surface area contributed by atoms with Crippen LogP contribution in [-0.2, 0) is 11.2 Å². The summed E-state index contributed by atoms with van der Waals surface area (Å²) in [6, 6.07) is 16.6. The number of carbonyl (C=O) groups is 1. The Hall–Kier alpha value is -2.33. The molecule has 0 saturated carbocycles. The average molecular weight is 367 g/mol. The summed E-state index contributed by atoms with van der Waals surface area (Å²) in [5.74, 6) is 0.934. The van der Waals surface area contributed by atoms with Gasteiger partial charge in [-0.25, -0.2) is 0 Å². The first-order valence-corrected chi connectivity index (χ1v) is 9.97. The van der Waals surface area contributed by atoms with E-state index >= 15 is 0 Å². The maximum absolute atomic E-state index is 12.8. The average Bonchev–Trinajstić information content (AvgIpc) is 2.94. The van der Waals surface area contributed by atoms with Crippen LogP contribution in [0.4, 0.5) is 5.69 Å². The lowest BCUT2D eigenvalue weighted by molar-refractivity contribution is -0.117. The van der Waals surface area contributed by atoms with Crippen molar-refractivity contribution in [3.8, 4) is 5.75 Å². The van der Waals surface area contributed by atoms with Gasteiger partial charge in [0.25, 0.3) is 0 Å². The summed E-state index contributed by atoms with van der Waals surface area (Å²) >= 11 is 0. The molecule has 0 aliphatic carbocycles. The molecule has 1 N–H and O–H groups in total. The fourth-order valence-corrected chi connectivity index (χ4v) is 3.89. The predicted molar refractivity (Wildman–Crippen MR) is 110 cm³/mol. The summed E-state index contributed by atoms with van der Waals surface area (Å²) in [6.45, 7) is 3.49. The molecule has 2 aromatic carbocycles. The highest BCUT2D eigenvalue weighted by Gasteiger charge is 2.24. The highest BCUT2D eigenvalue weighted by Crippen LogP contribution is 2.31. The molecule has 3 rings (SSSR count). The van der Waals surface area contributed by atoms with Crippen molar-refractivity contribution >= 4 is 11.6 Å². The van der Waals surface area contributed by atoms with E-state index in [-0.39, 0.29) is 11.9 Å². The van der Waals surface area contributed by atoms with Crippen LogP contribution in [0.2, 0.25) is 0 Å². The van der Waals surface area contributed by atoms with Crippen LogP contribution in [-0.4, -0.2) is 31.0 Å². The van der Waals surface area contributed by atoms with Crippen LogP contribution >= 0.6 is 0 Å². The maximum atomic E-state index is 12.8. The van der Waals surface area contributed by atoms with Crippen molar-refractivity contribution in [1.82, 2.24) is 4.90 Å². The highest BCUT2D eigenvalue weighted by molar-refractivity contribution is 5.93. The minimum atomic E-state index is 0.0660. The Bertz CT molecular complexity index is 742. The number of nitrogens with zero attached hydrogens (tertiary/aromatic N) is 1. The third kappa shape index (κ3) is 5.10. The number of nitrogens with one attached hydrogen (secondary N) is 1. The van der Waals surface area contributed by atoms with Crippen LogP contribution in [0.5, 0.6) is 5.75 Å².